The van der Waals surface area contributed by atoms with Gasteiger partial charge in [0.25, 0.3) is 5.91 Å². The van der Waals surface area contributed by atoms with Crippen LogP contribution < -0.4 is 10.6 Å². The lowest BCUT2D eigenvalue weighted by Crippen LogP contribution is -2.52. The molecule has 0 fully saturated rings. The molecule has 0 aliphatic rings. The fourth-order valence-electron chi connectivity index (χ4n) is 3.09. The predicted molar refractivity (Wildman–Crippen MR) is 134 cm³/mol. The van der Waals surface area contributed by atoms with Gasteiger partial charge in [-0.1, -0.05) is 24.6 Å². The molecule has 1 rings (SSSR count). The summed E-state index contributed by atoms with van der Waals surface area (Å²) < 4.78 is 5.33. The molecule has 2 unspecified atom stereocenters. The Morgan fingerprint density at radius 1 is 1.15 bits per heavy atom. The van der Waals surface area contributed by atoms with E-state index >= 15 is 0 Å². The van der Waals surface area contributed by atoms with Crippen LogP contribution in [0.15, 0.2) is 18.2 Å². The fourth-order valence-corrected chi connectivity index (χ4v) is 3.56. The summed E-state index contributed by atoms with van der Waals surface area (Å²) in [7, 11) is 0. The lowest BCUT2D eigenvalue weighted by molar-refractivity contribution is -0.138. The summed E-state index contributed by atoms with van der Waals surface area (Å²) in [5.74, 6) is -0.322. The third-order valence-corrected chi connectivity index (χ3v) is 5.40. The largest absolute Gasteiger partial charge is 0.444 e. The molecule has 33 heavy (non-hydrogen) atoms. The van der Waals surface area contributed by atoms with Crippen LogP contribution in [0.25, 0.3) is 0 Å². The summed E-state index contributed by atoms with van der Waals surface area (Å²) in [6, 6.07) is 5.81. The van der Waals surface area contributed by atoms with Crippen molar-refractivity contribution >= 4 is 29.7 Å². The maximum atomic E-state index is 13.6. The number of alkyl carbamates (subject to hydrolysis) is 1. The molecule has 0 spiro atoms. The van der Waals surface area contributed by atoms with E-state index in [0.29, 0.717) is 17.7 Å². The molecular formula is C25H37N3O4S. The van der Waals surface area contributed by atoms with Crippen LogP contribution in [0.5, 0.6) is 0 Å². The third-order valence-electron chi connectivity index (χ3n) is 4.76. The van der Waals surface area contributed by atoms with Crippen LogP contribution in [0.2, 0.25) is 0 Å². The topological polar surface area (TPSA) is 87.7 Å². The first-order valence-corrected chi connectivity index (χ1v) is 12.3. The molecule has 182 valence electrons. The summed E-state index contributed by atoms with van der Waals surface area (Å²) in [5, 5.41) is 5.49. The average molecular weight is 476 g/mol. The van der Waals surface area contributed by atoms with E-state index in [-0.39, 0.29) is 11.9 Å². The molecule has 0 aliphatic carbocycles. The number of carbonyl (C=O) groups is 3. The zero-order chi connectivity index (χ0) is 25.3. The average Bonchev–Trinajstić information content (AvgIpc) is 2.68. The summed E-state index contributed by atoms with van der Waals surface area (Å²) in [6.45, 7) is 12.8. The molecule has 1 aromatic rings. The minimum absolute atomic E-state index is 0.145. The van der Waals surface area contributed by atoms with Crippen LogP contribution in [0.4, 0.5) is 4.79 Å². The minimum atomic E-state index is -1.04. The van der Waals surface area contributed by atoms with Gasteiger partial charge in [0.1, 0.15) is 17.7 Å². The van der Waals surface area contributed by atoms with E-state index in [9.17, 15) is 14.4 Å². The van der Waals surface area contributed by atoms with Gasteiger partial charge in [0.15, 0.2) is 0 Å². The maximum absolute atomic E-state index is 13.6. The molecule has 2 N–H and O–H groups in total. The van der Waals surface area contributed by atoms with Gasteiger partial charge in [0.05, 0.1) is 0 Å². The van der Waals surface area contributed by atoms with E-state index in [4.69, 9.17) is 11.2 Å². The number of hydrogen-bond acceptors (Lipinski definition) is 5. The van der Waals surface area contributed by atoms with Crippen molar-refractivity contribution in [1.82, 2.24) is 15.5 Å². The van der Waals surface area contributed by atoms with Crippen LogP contribution >= 0.6 is 11.8 Å². The Morgan fingerprint density at radius 2 is 1.79 bits per heavy atom. The number of rotatable bonds is 9. The lowest BCUT2D eigenvalue weighted by Gasteiger charge is -2.31. The van der Waals surface area contributed by atoms with Gasteiger partial charge in [-0.2, -0.15) is 11.8 Å². The van der Waals surface area contributed by atoms with Crippen molar-refractivity contribution in [1.29, 1.82) is 0 Å². The Kier molecular flexibility index (Phi) is 10.8. The van der Waals surface area contributed by atoms with Crippen molar-refractivity contribution in [3.8, 4) is 12.5 Å². The second kappa shape index (κ2) is 12.5. The first kappa shape index (κ1) is 28.4. The van der Waals surface area contributed by atoms with E-state index in [2.05, 4.69) is 16.7 Å². The monoisotopic (exact) mass is 475 g/mol. The standard InChI is InChI=1S/C25H37N3O4S/c1-10-28(23(30)20(13-14-33-9)27-24(31)32-25(6,7)8)21(22(29)26-16(2)3)19-12-11-17(4)18(5)15-19/h1,11-12,15-16,20-21H,13-14H2,2-9H3,(H,26,29)(H,27,31). The van der Waals surface area contributed by atoms with E-state index in [0.717, 1.165) is 16.0 Å². The van der Waals surface area contributed by atoms with Crippen molar-refractivity contribution in [3.05, 3.63) is 34.9 Å². The molecule has 0 radical (unpaired) electrons. The Balaban J connectivity index is 3.37. The van der Waals surface area contributed by atoms with Crippen molar-refractivity contribution in [2.75, 3.05) is 12.0 Å². The van der Waals surface area contributed by atoms with Crippen LogP contribution in [0.3, 0.4) is 0 Å². The van der Waals surface area contributed by atoms with E-state index in [1.165, 1.54) is 11.8 Å². The Bertz CT molecular complexity index is 887. The molecular weight excluding hydrogens is 438 g/mol. The summed E-state index contributed by atoms with van der Waals surface area (Å²) >= 11 is 1.54. The van der Waals surface area contributed by atoms with Gasteiger partial charge in [0, 0.05) is 12.1 Å². The number of ether oxygens (including phenoxy) is 1. The zero-order valence-electron chi connectivity index (χ0n) is 20.9. The quantitative estimate of drug-likeness (QED) is 0.417. The van der Waals surface area contributed by atoms with Crippen molar-refractivity contribution in [2.45, 2.75) is 78.6 Å². The summed E-state index contributed by atoms with van der Waals surface area (Å²) in [5.41, 5.74) is 1.92. The van der Waals surface area contributed by atoms with Crippen molar-refractivity contribution in [3.63, 3.8) is 0 Å². The molecule has 0 heterocycles. The number of terminal acetylenes is 1. The van der Waals surface area contributed by atoms with Crippen LogP contribution in [0, 0.1) is 26.3 Å². The van der Waals surface area contributed by atoms with Crippen LogP contribution in [-0.2, 0) is 14.3 Å². The van der Waals surface area contributed by atoms with Gasteiger partial charge < -0.3 is 15.4 Å². The predicted octanol–water partition coefficient (Wildman–Crippen LogP) is 3.93. The van der Waals surface area contributed by atoms with E-state index in [1.807, 2.05) is 46.1 Å². The van der Waals surface area contributed by atoms with Crippen LogP contribution in [-0.4, -0.2) is 52.5 Å². The third kappa shape index (κ3) is 9.01. The summed E-state index contributed by atoms with van der Waals surface area (Å²) in [6.07, 6.45) is 7.30. The lowest BCUT2D eigenvalue weighted by atomic mass is 9.98. The second-order valence-corrected chi connectivity index (χ2v) is 10.2. The van der Waals surface area contributed by atoms with Gasteiger partial charge >= 0.3 is 6.09 Å². The number of thioether (sulfide) groups is 1. The zero-order valence-corrected chi connectivity index (χ0v) is 21.8. The number of carbonyl (C=O) groups excluding carboxylic acids is 3. The van der Waals surface area contributed by atoms with Gasteiger partial charge in [-0.05, 0) is 83.6 Å². The van der Waals surface area contributed by atoms with Gasteiger partial charge in [0.2, 0.25) is 5.91 Å². The Hall–Kier alpha value is -2.66. The normalized spacial score (nSPS) is 13.0. The molecule has 8 heteroatoms. The highest BCUT2D eigenvalue weighted by atomic mass is 32.2. The molecule has 0 saturated heterocycles. The second-order valence-electron chi connectivity index (χ2n) is 9.23. The SMILES string of the molecule is C#CN(C(=O)C(CCSC)NC(=O)OC(C)(C)C)C(C(=O)NC(C)C)c1ccc(C)c(C)c1. The molecule has 0 bridgehead atoms. The molecule has 1 aromatic carbocycles. The molecule has 0 aliphatic heterocycles. The number of amides is 3. The molecule has 0 saturated carbocycles. The van der Waals surface area contributed by atoms with E-state index in [1.54, 1.807) is 26.8 Å². The molecule has 7 nitrogen and oxygen atoms in total. The first-order valence-electron chi connectivity index (χ1n) is 11.0. The van der Waals surface area contributed by atoms with Crippen molar-refractivity contribution < 1.29 is 19.1 Å². The number of nitrogens with zero attached hydrogens (tertiary/aromatic N) is 1. The van der Waals surface area contributed by atoms with Gasteiger partial charge in [-0.3, -0.25) is 14.5 Å². The highest BCUT2D eigenvalue weighted by Crippen LogP contribution is 2.25. The van der Waals surface area contributed by atoms with Gasteiger partial charge in [-0.25, -0.2) is 4.79 Å². The fraction of sp³-hybridized carbons (Fsp3) is 0.560. The Labute approximate surface area is 202 Å². The maximum Gasteiger partial charge on any atom is 0.408 e. The smallest absolute Gasteiger partial charge is 0.408 e. The van der Waals surface area contributed by atoms with E-state index < -0.39 is 29.7 Å². The number of nitrogens with one attached hydrogen (secondary N) is 2. The number of hydrogen-bond donors (Lipinski definition) is 2. The van der Waals surface area contributed by atoms with Gasteiger partial charge in [-0.15, -0.1) is 0 Å². The first-order chi connectivity index (χ1) is 15.3. The number of benzene rings is 1. The molecule has 3 amide bonds. The number of aryl methyl sites for hydroxylation is 2. The van der Waals surface area contributed by atoms with Crippen molar-refractivity contribution in [2.24, 2.45) is 0 Å². The summed E-state index contributed by atoms with van der Waals surface area (Å²) in [4.78, 5) is 40.2. The highest BCUT2D eigenvalue weighted by Gasteiger charge is 2.36. The molecule has 2 atom stereocenters. The highest BCUT2D eigenvalue weighted by molar-refractivity contribution is 7.98. The Morgan fingerprint density at radius 3 is 2.27 bits per heavy atom. The minimum Gasteiger partial charge on any atom is -0.444 e. The molecule has 0 aromatic heterocycles. The van der Waals surface area contributed by atoms with Crippen LogP contribution in [0.1, 0.15) is 63.8 Å².